The number of hydrogen-bond acceptors (Lipinski definition) is 4. The van der Waals surface area contributed by atoms with Crippen LogP contribution in [-0.2, 0) is 6.54 Å². The first-order valence-corrected chi connectivity index (χ1v) is 10.3. The number of methoxy groups -OCH3 is 1. The van der Waals surface area contributed by atoms with E-state index in [9.17, 15) is 9.59 Å². The molecule has 0 radical (unpaired) electrons. The summed E-state index contributed by atoms with van der Waals surface area (Å²) < 4.78 is 6.95. The van der Waals surface area contributed by atoms with Crippen molar-refractivity contribution >= 4 is 5.91 Å². The third kappa shape index (κ3) is 3.35. The van der Waals surface area contributed by atoms with Crippen molar-refractivity contribution < 1.29 is 9.53 Å². The van der Waals surface area contributed by atoms with Crippen LogP contribution in [0.1, 0.15) is 34.6 Å². The highest BCUT2D eigenvalue weighted by atomic mass is 16.5. The van der Waals surface area contributed by atoms with Crippen LogP contribution in [0.3, 0.4) is 0 Å². The number of nitrogens with zero attached hydrogens (tertiary/aromatic N) is 3. The number of ether oxygens (including phenoxy) is 1. The maximum absolute atomic E-state index is 13.2. The Balaban J connectivity index is 1.57. The molecular weight excluding hydrogens is 366 g/mol. The van der Waals surface area contributed by atoms with Gasteiger partial charge >= 0.3 is 0 Å². The first-order chi connectivity index (χ1) is 13.9. The fourth-order valence-electron chi connectivity index (χ4n) is 5.12. The van der Waals surface area contributed by atoms with E-state index < -0.39 is 0 Å². The number of carbonyl (C=O) groups is 1. The average molecular weight is 396 g/mol. The summed E-state index contributed by atoms with van der Waals surface area (Å²) in [4.78, 5) is 30.2. The third-order valence-electron chi connectivity index (χ3n) is 6.58. The molecule has 1 aromatic carbocycles. The Labute approximate surface area is 171 Å². The third-order valence-corrected chi connectivity index (χ3v) is 6.58. The second-order valence-electron chi connectivity index (χ2n) is 8.23. The number of hydrogen-bond donors (Lipinski definition) is 0. The van der Waals surface area contributed by atoms with Gasteiger partial charge in [-0.1, -0.05) is 12.1 Å². The minimum Gasteiger partial charge on any atom is -0.497 e. The smallest absolute Gasteiger partial charge is 0.263 e. The van der Waals surface area contributed by atoms with Gasteiger partial charge in [-0.3, -0.25) is 14.5 Å². The number of likely N-dealkylation sites (tertiary alicyclic amines) is 2. The molecule has 1 amide bonds. The standard InChI is InChI=1S/C23H29N3O3/c1-5-26-15(2)6-11-19(23(26)28)22(27)25-13-17-12-24(3)21(20(17)14-25)16-7-9-18(29-4)10-8-16/h6-11,17,20-21H,5,12-14H2,1-4H3/t17-,20+,21-/m0/s1. The Morgan fingerprint density at radius 3 is 2.48 bits per heavy atom. The molecule has 6 heteroatoms. The molecule has 0 unspecified atom stereocenters. The molecule has 0 bridgehead atoms. The van der Waals surface area contributed by atoms with Gasteiger partial charge in [-0.15, -0.1) is 0 Å². The van der Waals surface area contributed by atoms with E-state index in [1.807, 2.05) is 36.9 Å². The molecule has 0 N–H and O–H groups in total. The van der Waals surface area contributed by atoms with Crippen LogP contribution in [0, 0.1) is 18.8 Å². The van der Waals surface area contributed by atoms with Crippen LogP contribution < -0.4 is 10.3 Å². The van der Waals surface area contributed by atoms with Crippen LogP contribution >= 0.6 is 0 Å². The second-order valence-corrected chi connectivity index (χ2v) is 8.23. The number of aromatic nitrogens is 1. The topological polar surface area (TPSA) is 54.8 Å². The van der Waals surface area contributed by atoms with E-state index in [1.54, 1.807) is 17.7 Å². The quantitative estimate of drug-likeness (QED) is 0.799. The van der Waals surface area contributed by atoms with E-state index in [0.29, 0.717) is 31.5 Å². The Morgan fingerprint density at radius 2 is 1.83 bits per heavy atom. The van der Waals surface area contributed by atoms with Gasteiger partial charge in [-0.2, -0.15) is 0 Å². The van der Waals surface area contributed by atoms with Crippen molar-refractivity contribution in [2.45, 2.75) is 26.4 Å². The van der Waals surface area contributed by atoms with Gasteiger partial charge in [0.2, 0.25) is 0 Å². The molecule has 2 aromatic rings. The highest BCUT2D eigenvalue weighted by Gasteiger charge is 2.47. The van der Waals surface area contributed by atoms with E-state index in [2.05, 4.69) is 24.1 Å². The van der Waals surface area contributed by atoms with Crippen LogP contribution in [0.5, 0.6) is 5.75 Å². The summed E-state index contributed by atoms with van der Waals surface area (Å²) in [6, 6.07) is 12.0. The minimum absolute atomic E-state index is 0.136. The largest absolute Gasteiger partial charge is 0.497 e. The number of pyridine rings is 1. The first-order valence-electron chi connectivity index (χ1n) is 10.3. The van der Waals surface area contributed by atoms with E-state index in [4.69, 9.17) is 4.74 Å². The lowest BCUT2D eigenvalue weighted by atomic mass is 9.89. The molecule has 2 aliphatic heterocycles. The fraction of sp³-hybridized carbons (Fsp3) is 0.478. The first kappa shape index (κ1) is 19.7. The van der Waals surface area contributed by atoms with Crippen molar-refractivity contribution in [3.05, 3.63) is 63.6 Å². The lowest BCUT2D eigenvalue weighted by Gasteiger charge is -2.27. The normalized spacial score (nSPS) is 24.0. The zero-order valence-corrected chi connectivity index (χ0v) is 17.6. The molecule has 2 aliphatic rings. The van der Waals surface area contributed by atoms with Gasteiger partial charge in [0, 0.05) is 43.8 Å². The predicted molar refractivity (Wildman–Crippen MR) is 112 cm³/mol. The van der Waals surface area contributed by atoms with Gasteiger partial charge in [0.1, 0.15) is 11.3 Å². The zero-order valence-electron chi connectivity index (χ0n) is 17.6. The summed E-state index contributed by atoms with van der Waals surface area (Å²) in [5, 5.41) is 0. The van der Waals surface area contributed by atoms with E-state index in [0.717, 1.165) is 18.0 Å². The van der Waals surface area contributed by atoms with Gasteiger partial charge in [0.15, 0.2) is 0 Å². The minimum atomic E-state index is -0.182. The van der Waals surface area contributed by atoms with Gasteiger partial charge in [0.25, 0.3) is 11.5 Å². The number of benzene rings is 1. The summed E-state index contributed by atoms with van der Waals surface area (Å²) in [7, 11) is 3.82. The zero-order chi connectivity index (χ0) is 20.7. The van der Waals surface area contributed by atoms with E-state index in [1.165, 1.54) is 5.56 Å². The van der Waals surface area contributed by atoms with Crippen molar-refractivity contribution in [2.24, 2.45) is 11.8 Å². The number of carbonyl (C=O) groups excluding carboxylic acids is 1. The van der Waals surface area contributed by atoms with Crippen molar-refractivity contribution in [3.63, 3.8) is 0 Å². The van der Waals surface area contributed by atoms with Crippen LogP contribution in [-0.4, -0.2) is 54.1 Å². The monoisotopic (exact) mass is 395 g/mol. The van der Waals surface area contributed by atoms with Crippen molar-refractivity contribution in [2.75, 3.05) is 33.8 Å². The van der Waals surface area contributed by atoms with Gasteiger partial charge in [0.05, 0.1) is 7.11 Å². The Kier molecular flexibility index (Phi) is 5.21. The van der Waals surface area contributed by atoms with Gasteiger partial charge in [-0.05, 0) is 56.6 Å². The van der Waals surface area contributed by atoms with Crippen LogP contribution in [0.4, 0.5) is 0 Å². The summed E-state index contributed by atoms with van der Waals surface area (Å²) >= 11 is 0. The highest BCUT2D eigenvalue weighted by Crippen LogP contribution is 2.44. The molecule has 2 fully saturated rings. The molecule has 0 saturated carbocycles. The average Bonchev–Trinajstić information content (AvgIpc) is 3.25. The maximum atomic E-state index is 13.2. The SMILES string of the molecule is CCn1c(C)ccc(C(=O)N2C[C@@H]3CN(C)[C@@H](c4ccc(OC)cc4)[C@@H]3C2)c1=O. The number of aryl methyl sites for hydroxylation is 1. The van der Waals surface area contributed by atoms with Crippen molar-refractivity contribution in [1.82, 2.24) is 14.4 Å². The highest BCUT2D eigenvalue weighted by molar-refractivity contribution is 5.94. The molecule has 154 valence electrons. The number of fused-ring (bicyclic) bond motifs is 1. The van der Waals surface area contributed by atoms with Gasteiger partial charge < -0.3 is 14.2 Å². The molecule has 2 saturated heterocycles. The summed E-state index contributed by atoms with van der Waals surface area (Å²) in [6.07, 6.45) is 0. The second kappa shape index (κ2) is 7.67. The molecule has 3 atom stereocenters. The molecule has 1 aromatic heterocycles. The van der Waals surface area contributed by atoms with E-state index in [-0.39, 0.29) is 23.1 Å². The van der Waals surface area contributed by atoms with Crippen molar-refractivity contribution in [1.29, 1.82) is 0 Å². The maximum Gasteiger partial charge on any atom is 0.263 e. The number of amides is 1. The molecule has 6 nitrogen and oxygen atoms in total. The fourth-order valence-corrected chi connectivity index (χ4v) is 5.12. The van der Waals surface area contributed by atoms with Crippen LogP contribution in [0.25, 0.3) is 0 Å². The molecule has 0 aliphatic carbocycles. The predicted octanol–water partition coefficient (Wildman–Crippen LogP) is 2.56. The van der Waals surface area contributed by atoms with Crippen LogP contribution in [0.15, 0.2) is 41.2 Å². The lowest BCUT2D eigenvalue weighted by Crippen LogP contribution is -2.37. The lowest BCUT2D eigenvalue weighted by molar-refractivity contribution is 0.0765. The van der Waals surface area contributed by atoms with Crippen molar-refractivity contribution in [3.8, 4) is 5.75 Å². The molecule has 3 heterocycles. The Morgan fingerprint density at radius 1 is 1.10 bits per heavy atom. The van der Waals surface area contributed by atoms with Crippen LogP contribution in [0.2, 0.25) is 0 Å². The van der Waals surface area contributed by atoms with Gasteiger partial charge in [-0.25, -0.2) is 0 Å². The summed E-state index contributed by atoms with van der Waals surface area (Å²) in [6.45, 7) is 6.75. The summed E-state index contributed by atoms with van der Waals surface area (Å²) in [5.41, 5.74) is 2.23. The number of rotatable bonds is 4. The van der Waals surface area contributed by atoms with E-state index >= 15 is 0 Å². The molecule has 4 rings (SSSR count). The molecular formula is C23H29N3O3. The summed E-state index contributed by atoms with van der Waals surface area (Å²) in [5.74, 6) is 1.51. The molecule has 29 heavy (non-hydrogen) atoms. The Hall–Kier alpha value is -2.60. The Bertz CT molecular complexity index is 966. The molecule has 0 spiro atoms.